The molecule has 0 aromatic heterocycles. The van der Waals surface area contributed by atoms with E-state index in [0.29, 0.717) is 11.3 Å². The van der Waals surface area contributed by atoms with Crippen LogP contribution in [0.15, 0.2) is 65.6 Å². The van der Waals surface area contributed by atoms with Crippen molar-refractivity contribution in [2.45, 2.75) is 19.6 Å². The van der Waals surface area contributed by atoms with Crippen molar-refractivity contribution < 1.29 is 33.8 Å². The maximum atomic E-state index is 13.0. The van der Waals surface area contributed by atoms with Crippen molar-refractivity contribution >= 4 is 51.7 Å². The minimum atomic E-state index is -1.05. The molecular formula is C26H21NO7S. The summed E-state index contributed by atoms with van der Waals surface area (Å²) in [6, 6.07) is 16.5. The zero-order valence-corrected chi connectivity index (χ0v) is 19.7. The van der Waals surface area contributed by atoms with Crippen molar-refractivity contribution in [2.75, 3.05) is 7.11 Å². The van der Waals surface area contributed by atoms with Gasteiger partial charge >= 0.3 is 11.9 Å². The molecule has 1 aliphatic heterocycles. The smallest absolute Gasteiger partial charge is 0.335 e. The van der Waals surface area contributed by atoms with Gasteiger partial charge < -0.3 is 14.6 Å². The predicted octanol–water partition coefficient (Wildman–Crippen LogP) is 4.71. The Bertz CT molecular complexity index is 1360. The zero-order valence-electron chi connectivity index (χ0n) is 18.9. The Morgan fingerprint density at radius 3 is 2.46 bits per heavy atom. The van der Waals surface area contributed by atoms with E-state index in [0.717, 1.165) is 33.0 Å². The molecule has 35 heavy (non-hydrogen) atoms. The molecule has 0 radical (unpaired) electrons. The van der Waals surface area contributed by atoms with Gasteiger partial charge in [-0.2, -0.15) is 0 Å². The van der Waals surface area contributed by atoms with E-state index in [9.17, 15) is 19.2 Å². The summed E-state index contributed by atoms with van der Waals surface area (Å²) in [5.41, 5.74) is 1.56. The topological polar surface area (TPSA) is 110 Å². The number of carbonyl (C=O) groups excluding carboxylic acids is 3. The molecule has 4 rings (SSSR count). The van der Waals surface area contributed by atoms with E-state index in [-0.39, 0.29) is 17.1 Å². The van der Waals surface area contributed by atoms with Crippen LogP contribution in [0.1, 0.15) is 28.4 Å². The number of esters is 1. The van der Waals surface area contributed by atoms with Crippen molar-refractivity contribution in [3.05, 3.63) is 82.3 Å². The van der Waals surface area contributed by atoms with Gasteiger partial charge in [0, 0.05) is 5.56 Å². The number of benzene rings is 3. The highest BCUT2D eigenvalue weighted by atomic mass is 32.2. The average Bonchev–Trinajstić information content (AvgIpc) is 3.15. The van der Waals surface area contributed by atoms with Gasteiger partial charge in [0.2, 0.25) is 0 Å². The average molecular weight is 492 g/mol. The summed E-state index contributed by atoms with van der Waals surface area (Å²) in [5.74, 6) is -1.79. The standard InChI is InChI=1S/C26H21NO7S/c1-15(25(31)33-2)27-23(28)22(35-26(27)32)13-20-19-6-4-3-5-17(19)11-12-21(20)34-14-16-7-9-18(10-8-16)24(29)30/h3-13,15H,14H2,1-2H3,(H,29,30)/b22-13+/t15-/m0/s1. The fraction of sp³-hybridized carbons (Fsp3) is 0.154. The second kappa shape index (κ2) is 10.0. The van der Waals surface area contributed by atoms with Gasteiger partial charge in [-0.15, -0.1) is 0 Å². The second-order valence-corrected chi connectivity index (χ2v) is 8.73. The SMILES string of the molecule is COC(=O)[C@H](C)N1C(=O)S/C(=C/c2c(OCc3ccc(C(=O)O)cc3)ccc3ccccc23)C1=O. The van der Waals surface area contributed by atoms with Crippen LogP contribution in [0.25, 0.3) is 16.8 Å². The molecule has 2 amide bonds. The lowest BCUT2D eigenvalue weighted by molar-refractivity contribution is -0.148. The molecule has 8 nitrogen and oxygen atoms in total. The van der Waals surface area contributed by atoms with E-state index in [4.69, 9.17) is 9.84 Å². The first-order valence-electron chi connectivity index (χ1n) is 10.6. The van der Waals surface area contributed by atoms with Crippen LogP contribution in [0.4, 0.5) is 4.79 Å². The first-order valence-corrected chi connectivity index (χ1v) is 11.4. The fourth-order valence-corrected chi connectivity index (χ4v) is 4.57. The molecular weight excluding hydrogens is 470 g/mol. The minimum Gasteiger partial charge on any atom is -0.488 e. The number of thioether (sulfide) groups is 1. The Labute approximate surface area is 205 Å². The molecule has 0 saturated carbocycles. The van der Waals surface area contributed by atoms with Crippen LogP contribution in [0.2, 0.25) is 0 Å². The van der Waals surface area contributed by atoms with Crippen LogP contribution in [0.3, 0.4) is 0 Å². The molecule has 0 bridgehead atoms. The highest BCUT2D eigenvalue weighted by Gasteiger charge is 2.41. The van der Waals surface area contributed by atoms with Crippen LogP contribution in [-0.4, -0.2) is 46.2 Å². The quantitative estimate of drug-likeness (QED) is 0.374. The first kappa shape index (κ1) is 24.0. The minimum absolute atomic E-state index is 0.165. The molecule has 3 aromatic carbocycles. The van der Waals surface area contributed by atoms with E-state index < -0.39 is 29.1 Å². The van der Waals surface area contributed by atoms with Crippen LogP contribution in [0, 0.1) is 0 Å². The molecule has 1 saturated heterocycles. The van der Waals surface area contributed by atoms with E-state index in [2.05, 4.69) is 4.74 Å². The number of nitrogens with zero attached hydrogens (tertiary/aromatic N) is 1. The third-order valence-electron chi connectivity index (χ3n) is 5.55. The monoisotopic (exact) mass is 491 g/mol. The maximum Gasteiger partial charge on any atom is 0.335 e. The van der Waals surface area contributed by atoms with Crippen LogP contribution in [-0.2, 0) is 20.9 Å². The number of hydrogen-bond acceptors (Lipinski definition) is 7. The molecule has 3 aromatic rings. The summed E-state index contributed by atoms with van der Waals surface area (Å²) in [5, 5.41) is 10.3. The Balaban J connectivity index is 1.68. The molecule has 1 heterocycles. The van der Waals surface area contributed by atoms with Gasteiger partial charge in [-0.3, -0.25) is 14.5 Å². The number of methoxy groups -OCH3 is 1. The zero-order chi connectivity index (χ0) is 25.1. The summed E-state index contributed by atoms with van der Waals surface area (Å²) < 4.78 is 10.7. The number of carboxylic acids is 1. The van der Waals surface area contributed by atoms with E-state index in [1.165, 1.54) is 26.2 Å². The summed E-state index contributed by atoms with van der Waals surface area (Å²) in [7, 11) is 1.20. The van der Waals surface area contributed by atoms with Crippen molar-refractivity contribution in [3.63, 3.8) is 0 Å². The first-order chi connectivity index (χ1) is 16.8. The van der Waals surface area contributed by atoms with E-state index in [1.54, 1.807) is 24.3 Å². The Morgan fingerprint density at radius 1 is 1.06 bits per heavy atom. The molecule has 0 aliphatic carbocycles. The maximum absolute atomic E-state index is 13.0. The van der Waals surface area contributed by atoms with Gasteiger partial charge in [0.05, 0.1) is 17.6 Å². The lowest BCUT2D eigenvalue weighted by atomic mass is 10.0. The van der Waals surface area contributed by atoms with Gasteiger partial charge in [0.15, 0.2) is 0 Å². The number of carboxylic acid groups (broad SMARTS) is 1. The number of carbonyl (C=O) groups is 4. The molecule has 0 unspecified atom stereocenters. The van der Waals surface area contributed by atoms with Crippen molar-refractivity contribution in [2.24, 2.45) is 0 Å². The Morgan fingerprint density at radius 2 is 1.77 bits per heavy atom. The molecule has 1 fully saturated rings. The number of rotatable bonds is 7. The molecule has 1 atom stereocenters. The molecule has 0 spiro atoms. The number of fused-ring (bicyclic) bond motifs is 1. The van der Waals surface area contributed by atoms with Crippen molar-refractivity contribution in [1.82, 2.24) is 4.90 Å². The van der Waals surface area contributed by atoms with Gasteiger partial charge in [-0.25, -0.2) is 9.59 Å². The third-order valence-corrected chi connectivity index (χ3v) is 6.44. The van der Waals surface area contributed by atoms with Crippen molar-refractivity contribution in [1.29, 1.82) is 0 Å². The van der Waals surface area contributed by atoms with Crippen LogP contribution >= 0.6 is 11.8 Å². The highest BCUT2D eigenvalue weighted by molar-refractivity contribution is 8.18. The molecule has 1 aliphatic rings. The Kier molecular flexibility index (Phi) is 6.88. The van der Waals surface area contributed by atoms with Crippen LogP contribution < -0.4 is 4.74 Å². The van der Waals surface area contributed by atoms with E-state index >= 15 is 0 Å². The lowest BCUT2D eigenvalue weighted by Gasteiger charge is -2.18. The fourth-order valence-electron chi connectivity index (χ4n) is 3.68. The van der Waals surface area contributed by atoms with Gasteiger partial charge in [-0.05, 0) is 59.3 Å². The van der Waals surface area contributed by atoms with Gasteiger partial charge in [-0.1, -0.05) is 42.5 Å². The summed E-state index contributed by atoms with van der Waals surface area (Å²) in [6.07, 6.45) is 1.60. The highest BCUT2D eigenvalue weighted by Crippen LogP contribution is 2.38. The number of hydrogen-bond donors (Lipinski definition) is 1. The molecule has 1 N–H and O–H groups in total. The number of imide groups is 1. The molecule has 178 valence electrons. The van der Waals surface area contributed by atoms with Gasteiger partial charge in [0.1, 0.15) is 18.4 Å². The lowest BCUT2D eigenvalue weighted by Crippen LogP contribution is -2.42. The third kappa shape index (κ3) is 4.90. The number of ether oxygens (including phenoxy) is 2. The normalized spacial score (nSPS) is 15.5. The number of amides is 2. The second-order valence-electron chi connectivity index (χ2n) is 7.74. The number of aromatic carboxylic acids is 1. The largest absolute Gasteiger partial charge is 0.488 e. The van der Waals surface area contributed by atoms with Crippen LogP contribution in [0.5, 0.6) is 5.75 Å². The Hall–Kier alpha value is -4.11. The van der Waals surface area contributed by atoms with Crippen molar-refractivity contribution in [3.8, 4) is 5.75 Å². The summed E-state index contributed by atoms with van der Waals surface area (Å²) in [6.45, 7) is 1.60. The van der Waals surface area contributed by atoms with Gasteiger partial charge in [0.25, 0.3) is 11.1 Å². The predicted molar refractivity (Wildman–Crippen MR) is 131 cm³/mol. The summed E-state index contributed by atoms with van der Waals surface area (Å²) >= 11 is 0.748. The summed E-state index contributed by atoms with van der Waals surface area (Å²) in [4.78, 5) is 49.6. The van der Waals surface area contributed by atoms with E-state index in [1.807, 2.05) is 30.3 Å². The molecule has 9 heteroatoms.